The Morgan fingerprint density at radius 1 is 1.10 bits per heavy atom. The summed E-state index contributed by atoms with van der Waals surface area (Å²) in [4.78, 5) is 26.4. The van der Waals surface area contributed by atoms with Crippen LogP contribution < -0.4 is 15.3 Å². The third kappa shape index (κ3) is 3.71. The predicted octanol–water partition coefficient (Wildman–Crippen LogP) is 1.67. The first-order valence-corrected chi connectivity index (χ1v) is 9.49. The first-order chi connectivity index (χ1) is 13.8. The number of hydrogen-bond donors (Lipinski definition) is 1. The number of rotatable bonds is 4. The van der Waals surface area contributed by atoms with Crippen LogP contribution in [-0.4, -0.2) is 38.2 Å². The maximum Gasteiger partial charge on any atom is 0.416 e. The molecule has 29 heavy (non-hydrogen) atoms. The average molecular weight is 409 g/mol. The fourth-order valence-corrected chi connectivity index (χ4v) is 4.61. The van der Waals surface area contributed by atoms with Crippen LogP contribution in [0.3, 0.4) is 0 Å². The second-order valence-corrected chi connectivity index (χ2v) is 7.64. The highest BCUT2D eigenvalue weighted by atomic mass is 19.4. The Hall–Kier alpha value is -2.55. The molecule has 3 aliphatic rings. The van der Waals surface area contributed by atoms with Gasteiger partial charge in [0, 0.05) is 25.0 Å². The average Bonchev–Trinajstić information content (AvgIpc) is 3.29. The lowest BCUT2D eigenvalue weighted by atomic mass is 9.82. The van der Waals surface area contributed by atoms with Crippen LogP contribution in [0.25, 0.3) is 0 Å². The number of fused-ring (bicyclic) bond motifs is 2. The normalized spacial score (nSPS) is 28.6. The van der Waals surface area contributed by atoms with Crippen LogP contribution >= 0.6 is 0 Å². The highest BCUT2D eigenvalue weighted by Gasteiger charge is 2.49. The zero-order valence-electron chi connectivity index (χ0n) is 15.4. The van der Waals surface area contributed by atoms with E-state index in [1.165, 1.54) is 6.07 Å². The Morgan fingerprint density at radius 2 is 1.76 bits per heavy atom. The summed E-state index contributed by atoms with van der Waals surface area (Å²) in [6, 6.07) is 3.21. The molecule has 2 aliphatic carbocycles. The molecular formula is C20H20F3N2O4-. The summed E-state index contributed by atoms with van der Waals surface area (Å²) >= 11 is 0. The van der Waals surface area contributed by atoms with Gasteiger partial charge in [0.1, 0.15) is 0 Å². The van der Waals surface area contributed by atoms with Crippen molar-refractivity contribution in [2.75, 3.05) is 36.5 Å². The Labute approximate surface area is 165 Å². The van der Waals surface area contributed by atoms with Gasteiger partial charge in [-0.05, 0) is 36.5 Å². The van der Waals surface area contributed by atoms with Crippen molar-refractivity contribution >= 4 is 23.3 Å². The predicted molar refractivity (Wildman–Crippen MR) is 95.8 cm³/mol. The Kier molecular flexibility index (Phi) is 5.02. The van der Waals surface area contributed by atoms with Gasteiger partial charge in [-0.15, -0.1) is 0 Å². The van der Waals surface area contributed by atoms with Gasteiger partial charge in [-0.25, -0.2) is 0 Å². The second kappa shape index (κ2) is 7.37. The molecule has 0 unspecified atom stereocenters. The number of allylic oxidation sites excluding steroid dienone is 2. The number of aliphatic carboxylic acids is 1. The summed E-state index contributed by atoms with van der Waals surface area (Å²) in [5.74, 6) is -4.25. The van der Waals surface area contributed by atoms with E-state index in [0.29, 0.717) is 38.4 Å². The van der Waals surface area contributed by atoms with E-state index in [1.54, 1.807) is 6.08 Å². The van der Waals surface area contributed by atoms with E-state index in [4.69, 9.17) is 4.74 Å². The quantitative estimate of drug-likeness (QED) is 0.766. The number of amides is 1. The molecule has 156 valence electrons. The standard InChI is InChI=1S/C20H21F3N2O4/c21-20(22,23)13-3-4-15(25-5-7-29-8-6-25)14(10-13)24-18(26)16-11-1-2-12(9-11)17(16)19(27)28/h1-4,10-12,16-17H,5-9H2,(H,24,26)(H,27,28)/p-1/t11-,12-,16+,17-/m0/s1. The maximum absolute atomic E-state index is 13.2. The van der Waals surface area contributed by atoms with Crippen molar-refractivity contribution < 1.29 is 32.6 Å². The lowest BCUT2D eigenvalue weighted by molar-refractivity contribution is -0.313. The van der Waals surface area contributed by atoms with Crippen molar-refractivity contribution in [3.05, 3.63) is 35.9 Å². The topological polar surface area (TPSA) is 81.7 Å². The third-order valence-corrected chi connectivity index (χ3v) is 5.97. The fourth-order valence-electron chi connectivity index (χ4n) is 4.61. The van der Waals surface area contributed by atoms with Gasteiger partial charge >= 0.3 is 6.18 Å². The molecule has 4 atom stereocenters. The largest absolute Gasteiger partial charge is 0.550 e. The van der Waals surface area contributed by atoms with Crippen LogP contribution in [0.1, 0.15) is 12.0 Å². The molecule has 9 heteroatoms. The molecule has 1 aromatic rings. The van der Waals surface area contributed by atoms with Gasteiger partial charge < -0.3 is 24.9 Å². The van der Waals surface area contributed by atoms with E-state index in [9.17, 15) is 27.9 Å². The van der Waals surface area contributed by atoms with E-state index >= 15 is 0 Å². The van der Waals surface area contributed by atoms with Gasteiger partial charge in [-0.2, -0.15) is 13.2 Å². The van der Waals surface area contributed by atoms with Gasteiger partial charge in [0.05, 0.1) is 36.1 Å². The van der Waals surface area contributed by atoms with Crippen molar-refractivity contribution in [2.45, 2.75) is 12.6 Å². The molecule has 0 aromatic heterocycles. The number of nitrogens with one attached hydrogen (secondary N) is 1. The summed E-state index contributed by atoms with van der Waals surface area (Å²) in [7, 11) is 0. The van der Waals surface area contributed by atoms with Gasteiger partial charge in [-0.3, -0.25) is 4.79 Å². The summed E-state index contributed by atoms with van der Waals surface area (Å²) in [5.41, 5.74) is -0.400. The molecule has 2 fully saturated rings. The fraction of sp³-hybridized carbons (Fsp3) is 0.500. The zero-order valence-corrected chi connectivity index (χ0v) is 15.4. The van der Waals surface area contributed by atoms with Crippen LogP contribution in [0.15, 0.2) is 30.4 Å². The Bertz CT molecular complexity index is 849. The van der Waals surface area contributed by atoms with Crippen LogP contribution in [-0.2, 0) is 20.5 Å². The van der Waals surface area contributed by atoms with Gasteiger partial charge in [0.15, 0.2) is 0 Å². The molecule has 1 aliphatic heterocycles. The summed E-state index contributed by atoms with van der Waals surface area (Å²) < 4.78 is 45.0. The van der Waals surface area contributed by atoms with Crippen molar-refractivity contribution in [1.29, 1.82) is 0 Å². The molecule has 1 amide bonds. The maximum atomic E-state index is 13.2. The minimum Gasteiger partial charge on any atom is -0.550 e. The number of carbonyl (C=O) groups is 2. The van der Waals surface area contributed by atoms with Crippen molar-refractivity contribution in [2.24, 2.45) is 23.7 Å². The monoisotopic (exact) mass is 409 g/mol. The van der Waals surface area contributed by atoms with Crippen LogP contribution in [0.4, 0.5) is 24.5 Å². The van der Waals surface area contributed by atoms with Crippen molar-refractivity contribution in [3.8, 4) is 0 Å². The second-order valence-electron chi connectivity index (χ2n) is 7.64. The van der Waals surface area contributed by atoms with Crippen LogP contribution in [0.5, 0.6) is 0 Å². The molecule has 6 nitrogen and oxygen atoms in total. The summed E-state index contributed by atoms with van der Waals surface area (Å²) in [6.45, 7) is 1.82. The molecule has 1 saturated heterocycles. The number of halogens is 3. The van der Waals surface area contributed by atoms with Crippen LogP contribution in [0, 0.1) is 23.7 Å². The molecule has 1 heterocycles. The molecule has 1 aromatic carbocycles. The van der Waals surface area contributed by atoms with E-state index in [1.807, 2.05) is 11.0 Å². The SMILES string of the molecule is O=C([O-])[C@@H]1[C@H](C(=O)Nc2cc(C(F)(F)F)ccc2N2CCOCC2)[C@H]2C=C[C@H]1C2. The van der Waals surface area contributed by atoms with E-state index < -0.39 is 35.5 Å². The number of ether oxygens (including phenoxy) is 1. The Morgan fingerprint density at radius 3 is 2.38 bits per heavy atom. The lowest BCUT2D eigenvalue weighted by Gasteiger charge is -2.32. The molecule has 1 N–H and O–H groups in total. The van der Waals surface area contributed by atoms with Gasteiger partial charge in [-0.1, -0.05) is 12.2 Å². The number of benzene rings is 1. The molecule has 0 radical (unpaired) electrons. The summed E-state index contributed by atoms with van der Waals surface area (Å²) in [5, 5.41) is 14.1. The molecule has 4 rings (SSSR count). The molecule has 1 saturated carbocycles. The van der Waals surface area contributed by atoms with Crippen molar-refractivity contribution in [3.63, 3.8) is 0 Å². The zero-order chi connectivity index (χ0) is 20.8. The molecular weight excluding hydrogens is 389 g/mol. The number of alkyl halides is 3. The van der Waals surface area contributed by atoms with Crippen LogP contribution in [0.2, 0.25) is 0 Å². The number of carbonyl (C=O) groups excluding carboxylic acids is 2. The van der Waals surface area contributed by atoms with Crippen molar-refractivity contribution in [1.82, 2.24) is 0 Å². The van der Waals surface area contributed by atoms with E-state index in [-0.39, 0.29) is 17.5 Å². The Balaban J connectivity index is 1.64. The smallest absolute Gasteiger partial charge is 0.416 e. The molecule has 2 bridgehead atoms. The first-order valence-electron chi connectivity index (χ1n) is 9.49. The number of morpholine rings is 1. The summed E-state index contributed by atoms with van der Waals surface area (Å²) in [6.07, 6.45) is -0.441. The lowest BCUT2D eigenvalue weighted by Crippen LogP contribution is -2.43. The van der Waals surface area contributed by atoms with Gasteiger partial charge in [0.25, 0.3) is 0 Å². The van der Waals surface area contributed by atoms with E-state index in [0.717, 1.165) is 12.1 Å². The van der Waals surface area contributed by atoms with Gasteiger partial charge in [0.2, 0.25) is 5.91 Å². The number of anilines is 2. The minimum absolute atomic E-state index is 0.0237. The number of hydrogen-bond acceptors (Lipinski definition) is 5. The van der Waals surface area contributed by atoms with E-state index in [2.05, 4.69) is 5.32 Å². The minimum atomic E-state index is -4.56. The molecule has 0 spiro atoms. The number of nitrogens with zero attached hydrogens (tertiary/aromatic N) is 1. The number of carboxylic acids is 1. The third-order valence-electron chi connectivity index (χ3n) is 5.97. The number of carboxylic acid groups (broad SMARTS) is 1. The first kappa shape index (κ1) is 19.8. The highest BCUT2D eigenvalue weighted by molar-refractivity contribution is 5.98. The highest BCUT2D eigenvalue weighted by Crippen LogP contribution is 2.48.